The zero-order valence-corrected chi connectivity index (χ0v) is 25.6. The van der Waals surface area contributed by atoms with Crippen LogP contribution in [0.5, 0.6) is 23.0 Å². The van der Waals surface area contributed by atoms with Crippen LogP contribution >= 0.6 is 0 Å². The van der Waals surface area contributed by atoms with E-state index in [0.717, 1.165) is 65.7 Å². The van der Waals surface area contributed by atoms with E-state index >= 15 is 0 Å². The number of nitrogens with zero attached hydrogens (tertiary/aromatic N) is 1. The van der Waals surface area contributed by atoms with E-state index in [1.807, 2.05) is 32.9 Å². The van der Waals surface area contributed by atoms with Gasteiger partial charge in [-0.15, -0.1) is 0 Å². The lowest BCUT2D eigenvalue weighted by atomic mass is 9.85. The maximum absolute atomic E-state index is 12.5. The van der Waals surface area contributed by atoms with Crippen LogP contribution in [-0.2, 0) is 11.2 Å². The average molecular weight is 587 g/mol. The first-order chi connectivity index (χ1) is 20.5. The molecule has 0 aromatic heterocycles. The van der Waals surface area contributed by atoms with E-state index in [4.69, 9.17) is 25.7 Å². The lowest BCUT2D eigenvalue weighted by Crippen LogP contribution is -2.37. The number of hydrogen-bond acceptors (Lipinski definition) is 6. The summed E-state index contributed by atoms with van der Waals surface area (Å²) in [5.74, 6) is 2.19. The molecular weight excluding hydrogens is 544 g/mol. The third-order valence-corrected chi connectivity index (χ3v) is 7.96. The minimum Gasteiger partial charge on any atom is -0.507 e. The Bertz CT molecular complexity index is 1530. The molecule has 1 unspecified atom stereocenters. The van der Waals surface area contributed by atoms with E-state index < -0.39 is 0 Å². The smallest absolute Gasteiger partial charge is 0.248 e. The van der Waals surface area contributed by atoms with Crippen molar-refractivity contribution in [3.8, 4) is 23.0 Å². The quantitative estimate of drug-likeness (QED) is 0.0905. The molecule has 0 saturated carbocycles. The summed E-state index contributed by atoms with van der Waals surface area (Å²) in [5, 5.41) is 13.3. The van der Waals surface area contributed by atoms with Crippen LogP contribution in [0.25, 0.3) is 6.08 Å². The summed E-state index contributed by atoms with van der Waals surface area (Å²) in [5.41, 5.74) is 16.6. The zero-order chi connectivity index (χ0) is 31.1. The summed E-state index contributed by atoms with van der Waals surface area (Å²) >= 11 is 0. The van der Waals surface area contributed by atoms with Gasteiger partial charge in [-0.05, 0) is 112 Å². The molecule has 0 fully saturated rings. The number of guanidine groups is 1. The zero-order valence-electron chi connectivity index (χ0n) is 25.6. The number of ether oxygens (including phenoxy) is 3. The number of phenolic OH excluding ortho intramolecular Hbond substituents is 1. The molecule has 1 heterocycles. The number of nitrogens with one attached hydrogen (secondary N) is 1. The third kappa shape index (κ3) is 7.80. The molecule has 3 aromatic rings. The van der Waals surface area contributed by atoms with Crippen molar-refractivity contribution in [2.24, 2.45) is 16.5 Å². The Morgan fingerprint density at radius 2 is 1.81 bits per heavy atom. The van der Waals surface area contributed by atoms with Crippen molar-refractivity contribution in [2.75, 3.05) is 19.0 Å². The number of phenols is 1. The number of carbonyl (C=O) groups excluding carboxylic acids is 1. The standard InChI is InChI=1S/C34H42N4O5/c1-21-22(2)32-27(23(3)31(21)40)16-18-34(4,43-32)17-6-7-19-42-28-14-13-26(20-29(28)41-5)37-30(39)15-10-24-8-11-25(12-9-24)38-33(35)36/h8-15,20,40H,6-7,16-19H2,1-5H3,(H,37,39)(H4,35,36,38)/b15-10+. The maximum atomic E-state index is 12.5. The second-order valence-corrected chi connectivity index (χ2v) is 11.2. The highest BCUT2D eigenvalue weighted by atomic mass is 16.5. The number of methoxy groups -OCH3 is 1. The van der Waals surface area contributed by atoms with Crippen molar-refractivity contribution in [1.82, 2.24) is 0 Å². The van der Waals surface area contributed by atoms with Crippen molar-refractivity contribution < 1.29 is 24.1 Å². The Labute approximate surface area is 253 Å². The number of aliphatic imine (C=N–C) groups is 1. The molecule has 228 valence electrons. The highest BCUT2D eigenvalue weighted by Gasteiger charge is 2.34. The first kappa shape index (κ1) is 31.3. The highest BCUT2D eigenvalue weighted by Crippen LogP contribution is 2.44. The minimum atomic E-state index is -0.276. The van der Waals surface area contributed by atoms with Crippen LogP contribution in [0.4, 0.5) is 11.4 Å². The molecule has 0 saturated heterocycles. The van der Waals surface area contributed by atoms with Crippen LogP contribution in [0.3, 0.4) is 0 Å². The van der Waals surface area contributed by atoms with Crippen LogP contribution in [0.1, 0.15) is 60.4 Å². The number of aromatic hydroxyl groups is 1. The predicted octanol–water partition coefficient (Wildman–Crippen LogP) is 6.22. The fourth-order valence-electron chi connectivity index (χ4n) is 5.28. The normalized spacial score (nSPS) is 15.8. The van der Waals surface area contributed by atoms with E-state index in [2.05, 4.69) is 17.2 Å². The van der Waals surface area contributed by atoms with Gasteiger partial charge in [-0.2, -0.15) is 0 Å². The summed E-state index contributed by atoms with van der Waals surface area (Å²) in [6.45, 7) is 8.63. The van der Waals surface area contributed by atoms with Crippen LogP contribution in [0, 0.1) is 20.8 Å². The molecule has 1 atom stereocenters. The first-order valence-electron chi connectivity index (χ1n) is 14.5. The second-order valence-electron chi connectivity index (χ2n) is 11.2. The highest BCUT2D eigenvalue weighted by molar-refractivity contribution is 6.02. The van der Waals surface area contributed by atoms with Gasteiger partial charge in [0.25, 0.3) is 0 Å². The molecule has 1 amide bonds. The van der Waals surface area contributed by atoms with E-state index in [9.17, 15) is 9.90 Å². The van der Waals surface area contributed by atoms with Crippen LogP contribution in [0.2, 0.25) is 0 Å². The van der Waals surface area contributed by atoms with Gasteiger partial charge in [0, 0.05) is 23.4 Å². The largest absolute Gasteiger partial charge is 0.507 e. The van der Waals surface area contributed by atoms with Crippen molar-refractivity contribution in [2.45, 2.75) is 65.4 Å². The predicted molar refractivity (Wildman–Crippen MR) is 172 cm³/mol. The Morgan fingerprint density at radius 1 is 1.07 bits per heavy atom. The fourth-order valence-corrected chi connectivity index (χ4v) is 5.28. The topological polar surface area (TPSA) is 141 Å². The maximum Gasteiger partial charge on any atom is 0.248 e. The van der Waals surface area contributed by atoms with Crippen LogP contribution in [-0.4, -0.2) is 36.3 Å². The number of benzene rings is 3. The van der Waals surface area contributed by atoms with Crippen molar-refractivity contribution in [3.63, 3.8) is 0 Å². The average Bonchev–Trinajstić information content (AvgIpc) is 2.98. The molecule has 0 radical (unpaired) electrons. The summed E-state index contributed by atoms with van der Waals surface area (Å²) in [6, 6.07) is 12.5. The molecule has 0 aliphatic carbocycles. The number of anilines is 1. The SMILES string of the molecule is COc1cc(NC(=O)/C=C/c2ccc(N=C(N)N)cc2)ccc1OCCCCC1(C)CCc2c(C)c(O)c(C)c(C)c2O1. The van der Waals surface area contributed by atoms with Gasteiger partial charge in [0.15, 0.2) is 17.5 Å². The van der Waals surface area contributed by atoms with Gasteiger partial charge in [0.1, 0.15) is 17.1 Å². The summed E-state index contributed by atoms with van der Waals surface area (Å²) < 4.78 is 18.1. The lowest BCUT2D eigenvalue weighted by molar-refractivity contribution is -0.111. The molecule has 4 rings (SSSR count). The molecule has 9 heteroatoms. The molecular formula is C34H42N4O5. The Kier molecular flexibility index (Phi) is 9.85. The number of hydrogen-bond donors (Lipinski definition) is 4. The van der Waals surface area contributed by atoms with Gasteiger partial charge >= 0.3 is 0 Å². The molecule has 3 aromatic carbocycles. The van der Waals surface area contributed by atoms with Gasteiger partial charge in [0.2, 0.25) is 5.91 Å². The fraction of sp³-hybridized carbons (Fsp3) is 0.353. The molecule has 0 bridgehead atoms. The van der Waals surface area contributed by atoms with Gasteiger partial charge < -0.3 is 36.1 Å². The molecule has 1 aliphatic heterocycles. The Balaban J connectivity index is 1.26. The number of nitrogens with two attached hydrogens (primary N) is 2. The van der Waals surface area contributed by atoms with Gasteiger partial charge in [0.05, 0.1) is 19.4 Å². The Hall–Kier alpha value is -4.66. The first-order valence-corrected chi connectivity index (χ1v) is 14.5. The third-order valence-electron chi connectivity index (χ3n) is 7.96. The van der Waals surface area contributed by atoms with Crippen LogP contribution in [0.15, 0.2) is 53.5 Å². The lowest BCUT2D eigenvalue weighted by Gasteiger charge is -2.38. The number of carbonyl (C=O) groups is 1. The molecule has 9 nitrogen and oxygen atoms in total. The molecule has 0 spiro atoms. The van der Waals surface area contributed by atoms with E-state index in [1.165, 1.54) is 6.08 Å². The minimum absolute atomic E-state index is 0.00993. The summed E-state index contributed by atoms with van der Waals surface area (Å²) in [7, 11) is 1.57. The number of unbranched alkanes of at least 4 members (excludes halogenated alkanes) is 1. The molecule has 43 heavy (non-hydrogen) atoms. The monoisotopic (exact) mass is 586 g/mol. The summed E-state index contributed by atoms with van der Waals surface area (Å²) in [4.78, 5) is 16.4. The summed E-state index contributed by atoms with van der Waals surface area (Å²) in [6.07, 6.45) is 7.67. The van der Waals surface area contributed by atoms with Gasteiger partial charge in [-0.25, -0.2) is 4.99 Å². The van der Waals surface area contributed by atoms with E-state index in [1.54, 1.807) is 43.5 Å². The number of amides is 1. The van der Waals surface area contributed by atoms with Crippen molar-refractivity contribution >= 4 is 29.3 Å². The van der Waals surface area contributed by atoms with Crippen molar-refractivity contribution in [1.29, 1.82) is 0 Å². The number of rotatable bonds is 11. The molecule has 6 N–H and O–H groups in total. The van der Waals surface area contributed by atoms with Crippen molar-refractivity contribution in [3.05, 3.63) is 76.4 Å². The Morgan fingerprint density at radius 3 is 2.51 bits per heavy atom. The van der Waals surface area contributed by atoms with Gasteiger partial charge in [-0.3, -0.25) is 4.79 Å². The molecule has 1 aliphatic rings. The van der Waals surface area contributed by atoms with Crippen LogP contribution < -0.4 is 31.0 Å². The van der Waals surface area contributed by atoms with E-state index in [-0.39, 0.29) is 17.5 Å². The number of fused-ring (bicyclic) bond motifs is 1. The van der Waals surface area contributed by atoms with E-state index in [0.29, 0.717) is 35.2 Å². The second kappa shape index (κ2) is 13.5. The van der Waals surface area contributed by atoms with Gasteiger partial charge in [-0.1, -0.05) is 12.1 Å².